The molecule has 2 aromatic carbocycles. The number of hydrogen-bond acceptors (Lipinski definition) is 5. The molecular formula is C23H29NO4. The van der Waals surface area contributed by atoms with E-state index in [2.05, 4.69) is 30.0 Å². The van der Waals surface area contributed by atoms with Crippen LogP contribution in [-0.4, -0.2) is 44.8 Å². The van der Waals surface area contributed by atoms with Crippen molar-refractivity contribution in [1.29, 1.82) is 0 Å². The Balaban J connectivity index is 1.93. The highest BCUT2D eigenvalue weighted by Gasteiger charge is 2.31. The van der Waals surface area contributed by atoms with Gasteiger partial charge in [0.05, 0.1) is 33.4 Å². The van der Waals surface area contributed by atoms with E-state index < -0.39 is 0 Å². The lowest BCUT2D eigenvalue weighted by molar-refractivity contribution is -0.145. The van der Waals surface area contributed by atoms with Gasteiger partial charge < -0.3 is 14.2 Å². The molecule has 0 aliphatic carbocycles. The zero-order valence-electron chi connectivity index (χ0n) is 16.9. The molecule has 0 saturated carbocycles. The smallest absolute Gasteiger partial charge is 0.320 e. The van der Waals surface area contributed by atoms with Gasteiger partial charge in [-0.1, -0.05) is 43.7 Å². The first-order chi connectivity index (χ1) is 13.7. The number of fused-ring (bicyclic) bond motifs is 1. The van der Waals surface area contributed by atoms with Crippen LogP contribution in [0.3, 0.4) is 0 Å². The second-order valence-electron chi connectivity index (χ2n) is 7.01. The average Bonchev–Trinajstić information content (AvgIpc) is 2.73. The summed E-state index contributed by atoms with van der Waals surface area (Å²) in [6.07, 6.45) is 2.76. The average molecular weight is 383 g/mol. The van der Waals surface area contributed by atoms with E-state index in [0.717, 1.165) is 42.7 Å². The van der Waals surface area contributed by atoms with Gasteiger partial charge in [-0.25, -0.2) is 0 Å². The Morgan fingerprint density at radius 2 is 1.82 bits per heavy atom. The molecule has 0 amide bonds. The third-order valence-corrected chi connectivity index (χ3v) is 5.18. The van der Waals surface area contributed by atoms with Gasteiger partial charge in [0.25, 0.3) is 0 Å². The van der Waals surface area contributed by atoms with Crippen LogP contribution in [0.25, 0.3) is 0 Å². The van der Waals surface area contributed by atoms with Crippen molar-refractivity contribution in [2.75, 3.05) is 33.9 Å². The molecule has 0 spiro atoms. The summed E-state index contributed by atoms with van der Waals surface area (Å²) in [6.45, 7) is 3.63. The van der Waals surface area contributed by atoms with Gasteiger partial charge in [0.15, 0.2) is 11.5 Å². The van der Waals surface area contributed by atoms with E-state index in [1.54, 1.807) is 14.2 Å². The van der Waals surface area contributed by atoms with Gasteiger partial charge in [-0.2, -0.15) is 0 Å². The molecular weight excluding hydrogens is 354 g/mol. The summed E-state index contributed by atoms with van der Waals surface area (Å²) in [6, 6.07) is 14.3. The van der Waals surface area contributed by atoms with Crippen molar-refractivity contribution in [2.24, 2.45) is 0 Å². The summed E-state index contributed by atoms with van der Waals surface area (Å²) in [5.41, 5.74) is 3.52. The first-order valence-corrected chi connectivity index (χ1v) is 9.87. The Hall–Kier alpha value is -2.53. The molecule has 2 aromatic rings. The molecule has 5 nitrogen and oxygen atoms in total. The van der Waals surface area contributed by atoms with Crippen LogP contribution in [0, 0.1) is 0 Å². The minimum absolute atomic E-state index is 0.0246. The van der Waals surface area contributed by atoms with Crippen molar-refractivity contribution in [3.8, 4) is 11.5 Å². The zero-order chi connectivity index (χ0) is 19.9. The van der Waals surface area contributed by atoms with E-state index in [1.165, 1.54) is 5.56 Å². The van der Waals surface area contributed by atoms with Gasteiger partial charge >= 0.3 is 5.97 Å². The van der Waals surface area contributed by atoms with Gasteiger partial charge in [-0.05, 0) is 41.7 Å². The summed E-state index contributed by atoms with van der Waals surface area (Å²) >= 11 is 0. The monoisotopic (exact) mass is 383 g/mol. The minimum atomic E-state index is -0.168. The number of benzene rings is 2. The summed E-state index contributed by atoms with van der Waals surface area (Å²) < 4.78 is 16.4. The Labute approximate surface area is 167 Å². The van der Waals surface area contributed by atoms with Gasteiger partial charge in [-0.15, -0.1) is 0 Å². The summed E-state index contributed by atoms with van der Waals surface area (Å²) in [5.74, 6) is 1.27. The van der Waals surface area contributed by atoms with Gasteiger partial charge in [0, 0.05) is 6.54 Å². The van der Waals surface area contributed by atoms with E-state index in [1.807, 2.05) is 24.3 Å². The molecule has 28 heavy (non-hydrogen) atoms. The maximum absolute atomic E-state index is 12.4. The van der Waals surface area contributed by atoms with Crippen molar-refractivity contribution in [1.82, 2.24) is 4.90 Å². The third-order valence-electron chi connectivity index (χ3n) is 5.18. The largest absolute Gasteiger partial charge is 0.493 e. The van der Waals surface area contributed by atoms with Crippen molar-refractivity contribution in [3.05, 3.63) is 59.2 Å². The predicted octanol–water partition coefficient (Wildman–Crippen LogP) is 3.99. The Morgan fingerprint density at radius 1 is 1.11 bits per heavy atom. The number of unbranched alkanes of at least 4 members (excludes halogenated alkanes) is 1. The highest BCUT2D eigenvalue weighted by atomic mass is 16.5. The molecule has 0 bridgehead atoms. The lowest BCUT2D eigenvalue weighted by Gasteiger charge is -2.37. The molecule has 0 fully saturated rings. The van der Waals surface area contributed by atoms with Crippen molar-refractivity contribution < 1.29 is 19.0 Å². The normalized spacial score (nSPS) is 16.3. The number of ether oxygens (including phenoxy) is 3. The van der Waals surface area contributed by atoms with E-state index >= 15 is 0 Å². The fourth-order valence-corrected chi connectivity index (χ4v) is 3.74. The van der Waals surface area contributed by atoms with Crippen molar-refractivity contribution in [3.63, 3.8) is 0 Å². The van der Waals surface area contributed by atoms with E-state index in [0.29, 0.717) is 12.4 Å². The zero-order valence-corrected chi connectivity index (χ0v) is 16.9. The standard InChI is InChI=1S/C23H29NO4/c1-4-5-13-28-22(25)16-24-12-11-18-14-20(26-2)21(27-3)15-19(18)23(24)17-9-7-6-8-10-17/h6-10,14-15,23H,4-5,11-13,16H2,1-3H3. The second-order valence-corrected chi connectivity index (χ2v) is 7.01. The van der Waals surface area contributed by atoms with Crippen molar-refractivity contribution in [2.45, 2.75) is 32.2 Å². The maximum atomic E-state index is 12.4. The van der Waals surface area contributed by atoms with Crippen LogP contribution in [0.5, 0.6) is 11.5 Å². The number of rotatable bonds is 8. The van der Waals surface area contributed by atoms with Crippen LogP contribution in [0.4, 0.5) is 0 Å². The SMILES string of the molecule is CCCCOC(=O)CN1CCc2cc(OC)c(OC)cc2C1c1ccccc1. The lowest BCUT2D eigenvalue weighted by atomic mass is 9.87. The fourth-order valence-electron chi connectivity index (χ4n) is 3.74. The number of hydrogen-bond donors (Lipinski definition) is 0. The molecule has 1 aliphatic rings. The molecule has 0 N–H and O–H groups in total. The van der Waals surface area contributed by atoms with Gasteiger partial charge in [0.2, 0.25) is 0 Å². The Kier molecular flexibility index (Phi) is 6.93. The van der Waals surface area contributed by atoms with Gasteiger partial charge in [0.1, 0.15) is 0 Å². The number of carbonyl (C=O) groups is 1. The van der Waals surface area contributed by atoms with Crippen LogP contribution in [0.1, 0.15) is 42.5 Å². The molecule has 0 saturated heterocycles. The topological polar surface area (TPSA) is 48.0 Å². The molecule has 0 radical (unpaired) electrons. The number of carbonyl (C=O) groups excluding carboxylic acids is 1. The Bertz CT molecular complexity index is 791. The van der Waals surface area contributed by atoms with E-state index in [-0.39, 0.29) is 18.6 Å². The lowest BCUT2D eigenvalue weighted by Crippen LogP contribution is -2.40. The van der Waals surface area contributed by atoms with Crippen LogP contribution in [0.15, 0.2) is 42.5 Å². The summed E-state index contributed by atoms with van der Waals surface area (Å²) in [4.78, 5) is 14.6. The van der Waals surface area contributed by atoms with Crippen LogP contribution in [0.2, 0.25) is 0 Å². The molecule has 150 valence electrons. The predicted molar refractivity (Wildman–Crippen MR) is 109 cm³/mol. The fraction of sp³-hybridized carbons (Fsp3) is 0.435. The maximum Gasteiger partial charge on any atom is 0.320 e. The van der Waals surface area contributed by atoms with Crippen molar-refractivity contribution >= 4 is 5.97 Å². The highest BCUT2D eigenvalue weighted by molar-refractivity contribution is 5.72. The molecule has 1 aliphatic heterocycles. The number of nitrogens with zero attached hydrogens (tertiary/aromatic N) is 1. The summed E-state index contributed by atoms with van der Waals surface area (Å²) in [5, 5.41) is 0. The molecule has 1 heterocycles. The van der Waals surface area contributed by atoms with Crippen LogP contribution in [-0.2, 0) is 16.0 Å². The van der Waals surface area contributed by atoms with E-state index in [9.17, 15) is 4.79 Å². The highest BCUT2D eigenvalue weighted by Crippen LogP contribution is 2.40. The molecule has 1 atom stereocenters. The van der Waals surface area contributed by atoms with Crippen LogP contribution < -0.4 is 9.47 Å². The van der Waals surface area contributed by atoms with Gasteiger partial charge in [-0.3, -0.25) is 9.69 Å². The first kappa shape index (κ1) is 20.2. The molecule has 3 rings (SSSR count). The minimum Gasteiger partial charge on any atom is -0.493 e. The van der Waals surface area contributed by atoms with E-state index in [4.69, 9.17) is 14.2 Å². The second kappa shape index (κ2) is 9.60. The molecule has 1 unspecified atom stereocenters. The number of esters is 1. The quantitative estimate of drug-likeness (QED) is 0.509. The third kappa shape index (κ3) is 4.47. The number of methoxy groups -OCH3 is 2. The Morgan fingerprint density at radius 3 is 2.50 bits per heavy atom. The molecule has 0 aromatic heterocycles. The first-order valence-electron chi connectivity index (χ1n) is 9.87. The summed E-state index contributed by atoms with van der Waals surface area (Å²) in [7, 11) is 3.30. The molecule has 5 heteroatoms. The van der Waals surface area contributed by atoms with Crippen LogP contribution >= 0.6 is 0 Å².